The molecule has 3 heteroatoms. The van der Waals surface area contributed by atoms with Crippen LogP contribution in [0.1, 0.15) is 38.7 Å². The largest absolute Gasteiger partial charge is 0.355 e. The quantitative estimate of drug-likeness (QED) is 0.744. The van der Waals surface area contributed by atoms with Crippen LogP contribution in [-0.2, 0) is 0 Å². The average Bonchev–Trinajstić information content (AvgIpc) is 2.75. The number of nitrogens with zero attached hydrogens (tertiary/aromatic N) is 3. The molecule has 1 aromatic rings. The lowest BCUT2D eigenvalue weighted by Gasteiger charge is -2.54. The van der Waals surface area contributed by atoms with Gasteiger partial charge in [-0.3, -0.25) is 0 Å². The summed E-state index contributed by atoms with van der Waals surface area (Å²) in [4.78, 5) is 2.42. The number of aryl methyl sites for hydroxylation is 1. The average molecular weight is 231 g/mol. The number of hydrogen-bond acceptors (Lipinski definition) is 3. The van der Waals surface area contributed by atoms with Gasteiger partial charge < -0.3 is 4.90 Å². The fourth-order valence-electron chi connectivity index (χ4n) is 3.41. The molecule has 3 nitrogen and oxygen atoms in total. The van der Waals surface area contributed by atoms with Gasteiger partial charge in [-0.1, -0.05) is 13.8 Å². The Kier molecular flexibility index (Phi) is 2.22. The van der Waals surface area contributed by atoms with Crippen molar-refractivity contribution in [3.05, 3.63) is 17.8 Å². The molecule has 1 saturated carbocycles. The molecule has 0 aromatic carbocycles. The normalized spacial score (nSPS) is 30.6. The van der Waals surface area contributed by atoms with Crippen LogP contribution in [0.2, 0.25) is 0 Å². The first-order valence-corrected chi connectivity index (χ1v) is 6.57. The van der Waals surface area contributed by atoms with Gasteiger partial charge in [0.25, 0.3) is 0 Å². The van der Waals surface area contributed by atoms with E-state index in [2.05, 4.69) is 41.9 Å². The summed E-state index contributed by atoms with van der Waals surface area (Å²) in [6, 6.07) is 2.15. The van der Waals surface area contributed by atoms with E-state index in [0.29, 0.717) is 10.8 Å². The molecule has 3 rings (SSSR count). The molecule has 92 valence electrons. The first kappa shape index (κ1) is 11.0. The predicted octanol–water partition coefficient (Wildman–Crippen LogP) is 2.80. The van der Waals surface area contributed by atoms with Crippen molar-refractivity contribution in [3.8, 4) is 0 Å². The molecule has 2 fully saturated rings. The van der Waals surface area contributed by atoms with Gasteiger partial charge in [0.2, 0.25) is 0 Å². The van der Waals surface area contributed by atoms with Gasteiger partial charge in [-0.15, -0.1) is 5.10 Å². The lowest BCUT2D eigenvalue weighted by atomic mass is 9.51. The highest BCUT2D eigenvalue weighted by Crippen LogP contribution is 2.61. The third-order valence-electron chi connectivity index (χ3n) is 5.12. The van der Waals surface area contributed by atoms with Gasteiger partial charge in [0.1, 0.15) is 0 Å². The monoisotopic (exact) mass is 231 g/mol. The highest BCUT2D eigenvalue weighted by atomic mass is 15.3. The molecule has 17 heavy (non-hydrogen) atoms. The van der Waals surface area contributed by atoms with Crippen LogP contribution in [0.5, 0.6) is 0 Å². The van der Waals surface area contributed by atoms with E-state index in [9.17, 15) is 0 Å². The Morgan fingerprint density at radius 2 is 2.06 bits per heavy atom. The minimum absolute atomic E-state index is 0.513. The van der Waals surface area contributed by atoms with Crippen molar-refractivity contribution in [1.82, 2.24) is 10.2 Å². The lowest BCUT2D eigenvalue weighted by Crippen LogP contribution is -2.49. The minimum atomic E-state index is 0.513. The van der Waals surface area contributed by atoms with Crippen molar-refractivity contribution >= 4 is 5.82 Å². The van der Waals surface area contributed by atoms with Crippen molar-refractivity contribution in [2.45, 2.75) is 40.0 Å². The fourth-order valence-corrected chi connectivity index (χ4v) is 3.41. The van der Waals surface area contributed by atoms with Gasteiger partial charge in [0.05, 0.1) is 6.20 Å². The van der Waals surface area contributed by atoms with Crippen LogP contribution >= 0.6 is 0 Å². The summed E-state index contributed by atoms with van der Waals surface area (Å²) in [5.41, 5.74) is 2.25. The Hall–Kier alpha value is -1.12. The second-order valence-corrected chi connectivity index (χ2v) is 6.43. The van der Waals surface area contributed by atoms with Gasteiger partial charge in [-0.2, -0.15) is 5.10 Å². The van der Waals surface area contributed by atoms with Crippen molar-refractivity contribution in [2.24, 2.45) is 10.8 Å². The van der Waals surface area contributed by atoms with E-state index in [4.69, 9.17) is 0 Å². The maximum absolute atomic E-state index is 4.27. The van der Waals surface area contributed by atoms with Crippen LogP contribution in [0, 0.1) is 17.8 Å². The molecule has 0 amide bonds. The van der Waals surface area contributed by atoms with Crippen molar-refractivity contribution < 1.29 is 0 Å². The molecular formula is C14H21N3. The van der Waals surface area contributed by atoms with Crippen LogP contribution in [-0.4, -0.2) is 23.3 Å². The van der Waals surface area contributed by atoms with Gasteiger partial charge in [-0.05, 0) is 48.6 Å². The smallest absolute Gasteiger partial charge is 0.151 e. The molecule has 0 radical (unpaired) electrons. The SMILES string of the molecule is Cc1cnnc(N2CCC3(CCC3(C)C)C2)c1. The number of hydrogen-bond donors (Lipinski definition) is 0. The van der Waals surface area contributed by atoms with Crippen LogP contribution < -0.4 is 4.90 Å². The lowest BCUT2D eigenvalue weighted by molar-refractivity contribution is -0.0311. The first-order valence-electron chi connectivity index (χ1n) is 6.57. The molecule has 1 aliphatic carbocycles. The molecular weight excluding hydrogens is 210 g/mol. The van der Waals surface area contributed by atoms with Crippen LogP contribution in [0.15, 0.2) is 12.3 Å². The molecule has 1 aliphatic heterocycles. The Bertz CT molecular complexity index is 441. The van der Waals surface area contributed by atoms with E-state index in [0.717, 1.165) is 18.9 Å². The second kappa shape index (κ2) is 3.44. The molecule has 0 N–H and O–H groups in total. The first-order chi connectivity index (χ1) is 8.02. The molecule has 1 saturated heterocycles. The topological polar surface area (TPSA) is 29.0 Å². The summed E-state index contributed by atoms with van der Waals surface area (Å²) in [6.07, 6.45) is 5.90. The summed E-state index contributed by atoms with van der Waals surface area (Å²) < 4.78 is 0. The van der Waals surface area contributed by atoms with E-state index in [-0.39, 0.29) is 0 Å². The maximum Gasteiger partial charge on any atom is 0.151 e. The Morgan fingerprint density at radius 3 is 2.59 bits per heavy atom. The maximum atomic E-state index is 4.27. The van der Waals surface area contributed by atoms with E-state index in [1.165, 1.54) is 24.8 Å². The van der Waals surface area contributed by atoms with Crippen LogP contribution in [0.25, 0.3) is 0 Å². The third kappa shape index (κ3) is 1.55. The molecule has 0 bridgehead atoms. The molecule has 1 unspecified atom stereocenters. The summed E-state index contributed by atoms with van der Waals surface area (Å²) >= 11 is 0. The highest BCUT2D eigenvalue weighted by molar-refractivity contribution is 5.41. The summed E-state index contributed by atoms with van der Waals surface area (Å²) in [7, 11) is 0. The number of rotatable bonds is 1. The van der Waals surface area contributed by atoms with Gasteiger partial charge in [0.15, 0.2) is 5.82 Å². The van der Waals surface area contributed by atoms with Crippen molar-refractivity contribution in [3.63, 3.8) is 0 Å². The zero-order chi connectivity index (χ0) is 12.1. The van der Waals surface area contributed by atoms with Crippen molar-refractivity contribution in [1.29, 1.82) is 0 Å². The fraction of sp³-hybridized carbons (Fsp3) is 0.714. The highest BCUT2D eigenvalue weighted by Gasteiger charge is 2.55. The van der Waals surface area contributed by atoms with E-state index in [1.54, 1.807) is 0 Å². The van der Waals surface area contributed by atoms with E-state index < -0.39 is 0 Å². The predicted molar refractivity (Wildman–Crippen MR) is 69.0 cm³/mol. The van der Waals surface area contributed by atoms with E-state index >= 15 is 0 Å². The summed E-state index contributed by atoms with van der Waals surface area (Å²) in [6.45, 7) is 9.22. The Labute approximate surface area is 103 Å². The molecule has 1 aromatic heterocycles. The Balaban J connectivity index is 1.81. The summed E-state index contributed by atoms with van der Waals surface area (Å²) in [5.74, 6) is 1.06. The third-order valence-corrected chi connectivity index (χ3v) is 5.12. The zero-order valence-corrected chi connectivity index (χ0v) is 11.0. The minimum Gasteiger partial charge on any atom is -0.355 e. The van der Waals surface area contributed by atoms with Gasteiger partial charge >= 0.3 is 0 Å². The number of anilines is 1. The number of aromatic nitrogens is 2. The van der Waals surface area contributed by atoms with Gasteiger partial charge in [0, 0.05) is 13.1 Å². The Morgan fingerprint density at radius 1 is 1.24 bits per heavy atom. The zero-order valence-electron chi connectivity index (χ0n) is 11.0. The molecule has 1 spiro atoms. The van der Waals surface area contributed by atoms with Crippen molar-refractivity contribution in [2.75, 3.05) is 18.0 Å². The standard InChI is InChI=1S/C14H21N3/c1-11-8-12(16-15-9-11)17-7-6-14(10-17)5-4-13(14,2)3/h8-9H,4-7,10H2,1-3H3. The molecule has 2 heterocycles. The molecule has 2 aliphatic rings. The van der Waals surface area contributed by atoms with E-state index in [1.807, 2.05) is 6.20 Å². The molecule has 1 atom stereocenters. The second-order valence-electron chi connectivity index (χ2n) is 6.43. The van der Waals surface area contributed by atoms with Crippen LogP contribution in [0.4, 0.5) is 5.82 Å². The van der Waals surface area contributed by atoms with Gasteiger partial charge in [-0.25, -0.2) is 0 Å². The van der Waals surface area contributed by atoms with Crippen LogP contribution in [0.3, 0.4) is 0 Å². The summed E-state index contributed by atoms with van der Waals surface area (Å²) in [5, 5.41) is 8.33.